The second-order valence-electron chi connectivity index (χ2n) is 6.32. The van der Waals surface area contributed by atoms with Gasteiger partial charge in [0.25, 0.3) is 0 Å². The van der Waals surface area contributed by atoms with E-state index in [0.717, 1.165) is 12.5 Å². The maximum atomic E-state index is 8.69. The number of likely N-dealkylation sites (tertiary alicyclic amines) is 1. The fraction of sp³-hybridized carbons (Fsp3) is 1.00. The molecule has 0 aromatic carbocycles. The average Bonchev–Trinajstić information content (AvgIpc) is 2.43. The van der Waals surface area contributed by atoms with Gasteiger partial charge in [-0.05, 0) is 39.3 Å². The summed E-state index contributed by atoms with van der Waals surface area (Å²) in [5, 5.41) is 8.69. The Kier molecular flexibility index (Phi) is 10.5. The SMILES string of the molecule is CN1CCCC[C@@H]1CCCCCCCCCCCO. The van der Waals surface area contributed by atoms with Crippen molar-refractivity contribution >= 4 is 0 Å². The molecule has 1 rings (SSSR count). The third kappa shape index (κ3) is 8.65. The highest BCUT2D eigenvalue weighted by atomic mass is 16.2. The summed E-state index contributed by atoms with van der Waals surface area (Å²) < 4.78 is 0. The second-order valence-corrected chi connectivity index (χ2v) is 6.32. The maximum Gasteiger partial charge on any atom is 0.0431 e. The van der Waals surface area contributed by atoms with Gasteiger partial charge in [-0.1, -0.05) is 57.8 Å². The predicted octanol–water partition coefficient (Wildman–Crippen LogP) is 4.36. The van der Waals surface area contributed by atoms with Gasteiger partial charge in [-0.15, -0.1) is 0 Å². The largest absolute Gasteiger partial charge is 0.396 e. The third-order valence-corrected chi connectivity index (χ3v) is 4.62. The van der Waals surface area contributed by atoms with Crippen molar-refractivity contribution in [2.24, 2.45) is 0 Å². The van der Waals surface area contributed by atoms with Gasteiger partial charge in [0.1, 0.15) is 0 Å². The Balaban J connectivity index is 1.80. The van der Waals surface area contributed by atoms with E-state index in [4.69, 9.17) is 5.11 Å². The molecule has 0 amide bonds. The number of unbranched alkanes of at least 4 members (excludes halogenated alkanes) is 8. The molecule has 114 valence electrons. The van der Waals surface area contributed by atoms with Crippen molar-refractivity contribution in [1.82, 2.24) is 4.90 Å². The molecule has 1 heterocycles. The molecule has 1 N–H and O–H groups in total. The molecule has 0 aromatic rings. The van der Waals surface area contributed by atoms with Crippen molar-refractivity contribution in [3.63, 3.8) is 0 Å². The van der Waals surface area contributed by atoms with Gasteiger partial charge in [0.05, 0.1) is 0 Å². The van der Waals surface area contributed by atoms with Crippen LogP contribution in [0.4, 0.5) is 0 Å². The van der Waals surface area contributed by atoms with Gasteiger partial charge in [0.2, 0.25) is 0 Å². The van der Waals surface area contributed by atoms with Crippen molar-refractivity contribution in [1.29, 1.82) is 0 Å². The summed E-state index contributed by atoms with van der Waals surface area (Å²) in [4.78, 5) is 2.57. The van der Waals surface area contributed by atoms with E-state index in [1.807, 2.05) is 0 Å². The summed E-state index contributed by atoms with van der Waals surface area (Å²) in [6.07, 6.45) is 17.7. The van der Waals surface area contributed by atoms with Crippen LogP contribution in [0.15, 0.2) is 0 Å². The summed E-state index contributed by atoms with van der Waals surface area (Å²) in [7, 11) is 2.30. The summed E-state index contributed by atoms with van der Waals surface area (Å²) in [6, 6.07) is 0.882. The first kappa shape index (κ1) is 17.0. The van der Waals surface area contributed by atoms with Crippen LogP contribution in [0.1, 0.15) is 83.5 Å². The molecule has 0 bridgehead atoms. The lowest BCUT2D eigenvalue weighted by atomic mass is 9.97. The van der Waals surface area contributed by atoms with Crippen LogP contribution in [0.25, 0.3) is 0 Å². The zero-order chi connectivity index (χ0) is 13.8. The number of hydrogen-bond donors (Lipinski definition) is 1. The predicted molar refractivity (Wildman–Crippen MR) is 83.5 cm³/mol. The number of rotatable bonds is 11. The summed E-state index contributed by atoms with van der Waals surface area (Å²) in [5.74, 6) is 0. The molecule has 0 saturated carbocycles. The number of piperidine rings is 1. The van der Waals surface area contributed by atoms with Crippen LogP contribution in [0.2, 0.25) is 0 Å². The molecule has 2 nitrogen and oxygen atoms in total. The summed E-state index contributed by atoms with van der Waals surface area (Å²) in [5.41, 5.74) is 0. The number of hydrogen-bond acceptors (Lipinski definition) is 2. The minimum Gasteiger partial charge on any atom is -0.396 e. The highest BCUT2D eigenvalue weighted by Gasteiger charge is 2.17. The molecule has 1 saturated heterocycles. The lowest BCUT2D eigenvalue weighted by Gasteiger charge is -2.32. The van der Waals surface area contributed by atoms with Gasteiger partial charge in [0.15, 0.2) is 0 Å². The molecule has 0 aromatic heterocycles. The second kappa shape index (κ2) is 11.7. The first-order valence-electron chi connectivity index (χ1n) is 8.65. The van der Waals surface area contributed by atoms with Gasteiger partial charge >= 0.3 is 0 Å². The summed E-state index contributed by atoms with van der Waals surface area (Å²) >= 11 is 0. The van der Waals surface area contributed by atoms with E-state index in [2.05, 4.69) is 11.9 Å². The van der Waals surface area contributed by atoms with E-state index in [-0.39, 0.29) is 0 Å². The highest BCUT2D eigenvalue weighted by Crippen LogP contribution is 2.20. The Hall–Kier alpha value is -0.0800. The van der Waals surface area contributed by atoms with Crippen LogP contribution in [0, 0.1) is 0 Å². The van der Waals surface area contributed by atoms with Gasteiger partial charge in [-0.2, -0.15) is 0 Å². The van der Waals surface area contributed by atoms with E-state index in [0.29, 0.717) is 6.61 Å². The molecule has 1 aliphatic rings. The molecule has 2 heteroatoms. The molecule has 0 unspecified atom stereocenters. The van der Waals surface area contributed by atoms with Crippen molar-refractivity contribution in [2.45, 2.75) is 89.5 Å². The van der Waals surface area contributed by atoms with Crippen LogP contribution in [-0.4, -0.2) is 36.2 Å². The van der Waals surface area contributed by atoms with Crippen LogP contribution in [0.5, 0.6) is 0 Å². The van der Waals surface area contributed by atoms with Crippen molar-refractivity contribution in [2.75, 3.05) is 20.2 Å². The molecule has 0 spiro atoms. The fourth-order valence-corrected chi connectivity index (χ4v) is 3.24. The first-order valence-corrected chi connectivity index (χ1v) is 8.65. The Morgan fingerprint density at radius 2 is 1.42 bits per heavy atom. The molecule has 19 heavy (non-hydrogen) atoms. The number of aliphatic hydroxyl groups excluding tert-OH is 1. The van der Waals surface area contributed by atoms with E-state index < -0.39 is 0 Å². The van der Waals surface area contributed by atoms with Crippen molar-refractivity contribution in [3.05, 3.63) is 0 Å². The zero-order valence-electron chi connectivity index (χ0n) is 13.1. The molecular weight excluding hydrogens is 234 g/mol. The Morgan fingerprint density at radius 3 is 2.00 bits per heavy atom. The fourth-order valence-electron chi connectivity index (χ4n) is 3.24. The minimum atomic E-state index is 0.371. The van der Waals surface area contributed by atoms with Gasteiger partial charge < -0.3 is 10.0 Å². The van der Waals surface area contributed by atoms with Crippen LogP contribution in [-0.2, 0) is 0 Å². The van der Waals surface area contributed by atoms with Gasteiger partial charge in [-0.3, -0.25) is 0 Å². The van der Waals surface area contributed by atoms with E-state index >= 15 is 0 Å². The van der Waals surface area contributed by atoms with E-state index in [1.165, 1.54) is 83.6 Å². The molecule has 1 atom stereocenters. The Morgan fingerprint density at radius 1 is 0.842 bits per heavy atom. The number of nitrogens with zero attached hydrogens (tertiary/aromatic N) is 1. The van der Waals surface area contributed by atoms with E-state index in [1.54, 1.807) is 0 Å². The number of aliphatic hydroxyl groups is 1. The summed E-state index contributed by atoms with van der Waals surface area (Å²) in [6.45, 7) is 1.69. The molecule has 0 aliphatic carbocycles. The normalized spacial score (nSPS) is 20.8. The third-order valence-electron chi connectivity index (χ3n) is 4.62. The molecular formula is C17H35NO. The Bertz CT molecular complexity index is 196. The van der Waals surface area contributed by atoms with Gasteiger partial charge in [0, 0.05) is 12.6 Å². The minimum absolute atomic E-state index is 0.371. The van der Waals surface area contributed by atoms with Gasteiger partial charge in [-0.25, -0.2) is 0 Å². The quantitative estimate of drug-likeness (QED) is 0.563. The Labute approximate surface area is 120 Å². The van der Waals surface area contributed by atoms with Crippen molar-refractivity contribution < 1.29 is 5.11 Å². The zero-order valence-corrected chi connectivity index (χ0v) is 13.1. The first-order chi connectivity index (χ1) is 9.34. The van der Waals surface area contributed by atoms with Crippen LogP contribution < -0.4 is 0 Å². The smallest absolute Gasteiger partial charge is 0.0431 e. The molecule has 1 fully saturated rings. The standard InChI is InChI=1S/C17H35NO/c1-18-15-11-10-14-17(18)13-9-7-5-3-2-4-6-8-12-16-19/h17,19H,2-16H2,1H3/t17-/m0/s1. The molecule has 1 aliphatic heterocycles. The average molecular weight is 269 g/mol. The highest BCUT2D eigenvalue weighted by molar-refractivity contribution is 4.73. The van der Waals surface area contributed by atoms with Crippen LogP contribution >= 0.6 is 0 Å². The molecule has 0 radical (unpaired) electrons. The topological polar surface area (TPSA) is 23.5 Å². The van der Waals surface area contributed by atoms with Crippen molar-refractivity contribution in [3.8, 4) is 0 Å². The van der Waals surface area contributed by atoms with E-state index in [9.17, 15) is 0 Å². The lowest BCUT2D eigenvalue weighted by Crippen LogP contribution is -2.35. The maximum absolute atomic E-state index is 8.69. The monoisotopic (exact) mass is 269 g/mol. The van der Waals surface area contributed by atoms with Crippen LogP contribution in [0.3, 0.4) is 0 Å². The lowest BCUT2D eigenvalue weighted by molar-refractivity contribution is 0.173.